The fourth-order valence-electron chi connectivity index (χ4n) is 4.09. The first-order chi connectivity index (χ1) is 14.0. The molecule has 2 aromatic rings. The highest BCUT2D eigenvalue weighted by Crippen LogP contribution is 2.34. The van der Waals surface area contributed by atoms with Crippen LogP contribution in [0.25, 0.3) is 10.9 Å². The predicted octanol–water partition coefficient (Wildman–Crippen LogP) is 7.72. The molecule has 0 aliphatic rings. The highest BCUT2D eigenvalue weighted by molar-refractivity contribution is 6.31. The van der Waals surface area contributed by atoms with Gasteiger partial charge in [-0.15, -0.1) is 0 Å². The number of fused-ring (bicyclic) bond motifs is 1. The molecule has 0 amide bonds. The number of carbonyl (C=O) groups is 1. The minimum Gasteiger partial charge on any atom is -0.506 e. The van der Waals surface area contributed by atoms with Gasteiger partial charge < -0.3 is 14.8 Å². The Kier molecular flexibility index (Phi) is 10.4. The van der Waals surface area contributed by atoms with Gasteiger partial charge in [-0.05, 0) is 24.6 Å². The summed E-state index contributed by atoms with van der Waals surface area (Å²) in [5.41, 5.74) is 0.796. The molecule has 1 atom stereocenters. The number of carboxylic acid groups (broad SMARTS) is 1. The number of unbranched alkanes of at least 4 members (excludes halogenated alkanes) is 10. The Morgan fingerprint density at radius 2 is 1.59 bits per heavy atom. The van der Waals surface area contributed by atoms with Crippen molar-refractivity contribution in [3.05, 3.63) is 29.4 Å². The number of aliphatic carboxylic acids is 1. The Labute approximate surface area is 179 Å². The highest BCUT2D eigenvalue weighted by atomic mass is 35.5. The van der Waals surface area contributed by atoms with Crippen LogP contribution in [-0.2, 0) is 4.79 Å². The average molecular weight is 422 g/mol. The Balaban J connectivity index is 1.79. The highest BCUT2D eigenvalue weighted by Gasteiger charge is 2.19. The minimum absolute atomic E-state index is 0.0491. The van der Waals surface area contributed by atoms with E-state index in [2.05, 4.69) is 6.92 Å². The number of benzene rings is 1. The quantitative estimate of drug-likeness (QED) is 0.289. The van der Waals surface area contributed by atoms with Crippen LogP contribution in [0.5, 0.6) is 5.75 Å². The lowest BCUT2D eigenvalue weighted by atomic mass is 10.0. The third kappa shape index (κ3) is 7.93. The van der Waals surface area contributed by atoms with Gasteiger partial charge in [0.15, 0.2) is 0 Å². The third-order valence-corrected chi connectivity index (χ3v) is 5.95. The molecular weight excluding hydrogens is 386 g/mol. The second-order valence-electron chi connectivity index (χ2n) is 8.16. The molecule has 1 heterocycles. The van der Waals surface area contributed by atoms with Crippen molar-refractivity contribution >= 4 is 28.5 Å². The van der Waals surface area contributed by atoms with Crippen molar-refractivity contribution in [1.29, 1.82) is 0 Å². The average Bonchev–Trinajstić information content (AvgIpc) is 3.00. The number of nitrogens with zero attached hydrogens (tertiary/aromatic N) is 1. The summed E-state index contributed by atoms with van der Waals surface area (Å²) in [7, 11) is 0. The van der Waals surface area contributed by atoms with E-state index in [1.54, 1.807) is 24.4 Å². The molecular formula is C24H36ClNO3. The molecule has 4 nitrogen and oxygen atoms in total. The second-order valence-corrected chi connectivity index (χ2v) is 8.60. The van der Waals surface area contributed by atoms with E-state index in [0.717, 1.165) is 24.8 Å². The first kappa shape index (κ1) is 23.6. The molecule has 1 aromatic carbocycles. The van der Waals surface area contributed by atoms with E-state index in [1.807, 2.05) is 4.57 Å². The van der Waals surface area contributed by atoms with Crippen LogP contribution in [0, 0.1) is 0 Å². The van der Waals surface area contributed by atoms with Crippen molar-refractivity contribution in [1.82, 2.24) is 4.57 Å². The Bertz CT molecular complexity index is 756. The number of halogens is 1. The standard InChI is InChI=1S/C24H36ClNO3/c1-2-3-4-5-6-7-8-9-10-11-12-13-20(17-24(28)29)26-18-23(27)21-15-14-19(25)16-22(21)26/h14-16,18,20,27H,2-13,17H2,1H3,(H,28,29). The lowest BCUT2D eigenvalue weighted by Crippen LogP contribution is -2.13. The molecule has 0 fully saturated rings. The third-order valence-electron chi connectivity index (χ3n) is 5.72. The summed E-state index contributed by atoms with van der Waals surface area (Å²) in [6.45, 7) is 2.25. The predicted molar refractivity (Wildman–Crippen MR) is 121 cm³/mol. The van der Waals surface area contributed by atoms with Gasteiger partial charge in [-0.2, -0.15) is 0 Å². The van der Waals surface area contributed by atoms with Gasteiger partial charge in [0.1, 0.15) is 5.75 Å². The van der Waals surface area contributed by atoms with Crippen LogP contribution in [0.4, 0.5) is 0 Å². The first-order valence-electron chi connectivity index (χ1n) is 11.2. The van der Waals surface area contributed by atoms with E-state index in [9.17, 15) is 15.0 Å². The summed E-state index contributed by atoms with van der Waals surface area (Å²) in [6.07, 6.45) is 16.5. The first-order valence-corrected chi connectivity index (χ1v) is 11.6. The molecule has 0 spiro atoms. The van der Waals surface area contributed by atoms with Gasteiger partial charge in [0.25, 0.3) is 0 Å². The van der Waals surface area contributed by atoms with E-state index in [1.165, 1.54) is 57.8 Å². The Morgan fingerprint density at radius 3 is 2.17 bits per heavy atom. The molecule has 29 heavy (non-hydrogen) atoms. The zero-order valence-corrected chi connectivity index (χ0v) is 18.5. The Morgan fingerprint density at radius 1 is 1.00 bits per heavy atom. The van der Waals surface area contributed by atoms with E-state index in [0.29, 0.717) is 10.4 Å². The number of aromatic hydroxyl groups is 1. The van der Waals surface area contributed by atoms with Crippen LogP contribution in [-0.4, -0.2) is 20.7 Å². The smallest absolute Gasteiger partial charge is 0.305 e. The summed E-state index contributed by atoms with van der Waals surface area (Å²) in [6, 6.07) is 5.15. The summed E-state index contributed by atoms with van der Waals surface area (Å²) in [4.78, 5) is 11.4. The van der Waals surface area contributed by atoms with Crippen LogP contribution >= 0.6 is 11.6 Å². The normalized spacial score (nSPS) is 12.5. The maximum Gasteiger partial charge on any atom is 0.305 e. The molecule has 2 rings (SSSR count). The summed E-state index contributed by atoms with van der Waals surface area (Å²) >= 11 is 6.12. The van der Waals surface area contributed by atoms with E-state index in [-0.39, 0.29) is 18.2 Å². The molecule has 0 radical (unpaired) electrons. The van der Waals surface area contributed by atoms with E-state index < -0.39 is 5.97 Å². The number of carboxylic acids is 1. The van der Waals surface area contributed by atoms with E-state index in [4.69, 9.17) is 11.6 Å². The largest absolute Gasteiger partial charge is 0.506 e. The van der Waals surface area contributed by atoms with Crippen molar-refractivity contribution in [2.75, 3.05) is 0 Å². The topological polar surface area (TPSA) is 62.5 Å². The van der Waals surface area contributed by atoms with Crippen molar-refractivity contribution in [3.8, 4) is 5.75 Å². The molecule has 0 aliphatic heterocycles. The van der Waals surface area contributed by atoms with Crippen LogP contribution in [0.1, 0.15) is 96.4 Å². The molecule has 0 bridgehead atoms. The maximum atomic E-state index is 11.4. The van der Waals surface area contributed by atoms with Crippen LogP contribution in [0.2, 0.25) is 5.02 Å². The zero-order valence-electron chi connectivity index (χ0n) is 17.7. The summed E-state index contributed by atoms with van der Waals surface area (Å²) < 4.78 is 1.89. The molecule has 0 saturated heterocycles. The van der Waals surface area contributed by atoms with Crippen molar-refractivity contribution in [3.63, 3.8) is 0 Å². The zero-order chi connectivity index (χ0) is 21.1. The van der Waals surface area contributed by atoms with Crippen molar-refractivity contribution in [2.45, 2.75) is 96.4 Å². The second kappa shape index (κ2) is 12.8. The molecule has 5 heteroatoms. The SMILES string of the molecule is CCCCCCCCCCCCCC(CC(=O)O)n1cc(O)c2ccc(Cl)cc21. The molecule has 1 aromatic heterocycles. The van der Waals surface area contributed by atoms with Gasteiger partial charge >= 0.3 is 5.97 Å². The van der Waals surface area contributed by atoms with Crippen LogP contribution in [0.15, 0.2) is 24.4 Å². The molecule has 2 N–H and O–H groups in total. The van der Waals surface area contributed by atoms with Crippen LogP contribution in [0.3, 0.4) is 0 Å². The molecule has 0 aliphatic carbocycles. The van der Waals surface area contributed by atoms with Gasteiger partial charge in [-0.3, -0.25) is 4.79 Å². The monoisotopic (exact) mass is 421 g/mol. The number of aromatic nitrogens is 1. The summed E-state index contributed by atoms with van der Waals surface area (Å²) in [5, 5.41) is 20.9. The molecule has 162 valence electrons. The van der Waals surface area contributed by atoms with Gasteiger partial charge in [-0.1, -0.05) is 89.2 Å². The van der Waals surface area contributed by atoms with Gasteiger partial charge in [0, 0.05) is 22.6 Å². The van der Waals surface area contributed by atoms with Gasteiger partial charge in [0.2, 0.25) is 0 Å². The van der Waals surface area contributed by atoms with Gasteiger partial charge in [0.05, 0.1) is 11.9 Å². The van der Waals surface area contributed by atoms with E-state index >= 15 is 0 Å². The fourth-order valence-corrected chi connectivity index (χ4v) is 4.26. The maximum absolute atomic E-state index is 11.4. The lowest BCUT2D eigenvalue weighted by Gasteiger charge is -2.18. The summed E-state index contributed by atoms with van der Waals surface area (Å²) in [5.74, 6) is -0.646. The van der Waals surface area contributed by atoms with Crippen molar-refractivity contribution < 1.29 is 15.0 Å². The number of hydrogen-bond donors (Lipinski definition) is 2. The van der Waals surface area contributed by atoms with Crippen molar-refractivity contribution in [2.24, 2.45) is 0 Å². The molecule has 0 saturated carbocycles. The minimum atomic E-state index is -0.818. The number of rotatable bonds is 15. The molecule has 1 unspecified atom stereocenters. The fraction of sp³-hybridized carbons (Fsp3) is 0.625. The lowest BCUT2D eigenvalue weighted by molar-refractivity contribution is -0.137. The van der Waals surface area contributed by atoms with Gasteiger partial charge in [-0.25, -0.2) is 0 Å². The number of hydrogen-bond acceptors (Lipinski definition) is 2. The Hall–Kier alpha value is -1.68. The van der Waals surface area contributed by atoms with Crippen LogP contribution < -0.4 is 0 Å².